The van der Waals surface area contributed by atoms with Crippen molar-refractivity contribution in [3.05, 3.63) is 58.9 Å². The molecule has 3 rings (SSSR count). The standard InChI is InChI=1S/C20H22F3NO2.CO2/c1-3-13-11-24(16-9-10-16)12-17(19(25)26-4-2)18(13)14-5-7-15(8-6-14)20(21,22)23;2-1-3/h5-8,11-12,16,18H,3-4,9-10H2,1-2H3;. The Labute approximate surface area is 166 Å². The maximum absolute atomic E-state index is 12.9. The minimum Gasteiger partial charge on any atom is -0.463 e. The monoisotopic (exact) mass is 409 g/mol. The Balaban J connectivity index is 0.000000941. The van der Waals surface area contributed by atoms with Gasteiger partial charge in [-0.1, -0.05) is 19.1 Å². The molecule has 0 radical (unpaired) electrons. The molecule has 8 heteroatoms. The molecule has 0 aromatic heterocycles. The summed E-state index contributed by atoms with van der Waals surface area (Å²) in [5.74, 6) is -0.793. The second-order valence-electron chi connectivity index (χ2n) is 6.68. The van der Waals surface area contributed by atoms with Crippen LogP contribution in [0.1, 0.15) is 50.2 Å². The number of nitrogens with zero attached hydrogens (tertiary/aromatic N) is 1. The Bertz CT molecular complexity index is 817. The SMILES string of the molecule is CCOC(=O)C1=CN(C2CC2)C=C(CC)C1c1ccc(C(F)(F)F)cc1.O=C=O. The first-order valence-electron chi connectivity index (χ1n) is 9.30. The van der Waals surface area contributed by atoms with Crippen LogP contribution in [-0.2, 0) is 25.3 Å². The Morgan fingerprint density at radius 1 is 1.14 bits per heavy atom. The van der Waals surface area contributed by atoms with Crippen molar-refractivity contribution in [3.8, 4) is 0 Å². The van der Waals surface area contributed by atoms with Gasteiger partial charge < -0.3 is 9.64 Å². The fourth-order valence-electron chi connectivity index (χ4n) is 3.26. The summed E-state index contributed by atoms with van der Waals surface area (Å²) >= 11 is 0. The van der Waals surface area contributed by atoms with Crippen LogP contribution in [-0.4, -0.2) is 29.7 Å². The molecule has 1 unspecified atom stereocenters. The van der Waals surface area contributed by atoms with E-state index in [0.29, 0.717) is 23.6 Å². The molecule has 0 saturated heterocycles. The van der Waals surface area contributed by atoms with Gasteiger partial charge in [-0.3, -0.25) is 0 Å². The smallest absolute Gasteiger partial charge is 0.416 e. The predicted molar refractivity (Wildman–Crippen MR) is 97.1 cm³/mol. The van der Waals surface area contributed by atoms with Crippen molar-refractivity contribution in [1.82, 2.24) is 4.90 Å². The molecule has 1 aromatic carbocycles. The maximum atomic E-state index is 12.9. The first kappa shape index (κ1) is 22.4. The van der Waals surface area contributed by atoms with E-state index in [4.69, 9.17) is 14.3 Å². The second kappa shape index (κ2) is 9.56. The predicted octanol–water partition coefficient (Wildman–Crippen LogP) is 4.42. The molecule has 0 amide bonds. The van der Waals surface area contributed by atoms with Crippen LogP contribution in [0, 0.1) is 0 Å². The number of benzene rings is 1. The van der Waals surface area contributed by atoms with Gasteiger partial charge in [-0.15, -0.1) is 0 Å². The van der Waals surface area contributed by atoms with E-state index in [1.54, 1.807) is 13.1 Å². The van der Waals surface area contributed by atoms with E-state index in [9.17, 15) is 18.0 Å². The Morgan fingerprint density at radius 2 is 1.72 bits per heavy atom. The van der Waals surface area contributed by atoms with Gasteiger partial charge in [0.25, 0.3) is 0 Å². The number of carbonyl (C=O) groups is 1. The zero-order valence-corrected chi connectivity index (χ0v) is 16.2. The minimum absolute atomic E-state index is 0.250. The van der Waals surface area contributed by atoms with Gasteiger partial charge in [0.15, 0.2) is 0 Å². The van der Waals surface area contributed by atoms with Gasteiger partial charge in [-0.2, -0.15) is 22.8 Å². The highest BCUT2D eigenvalue weighted by Gasteiger charge is 2.36. The van der Waals surface area contributed by atoms with Gasteiger partial charge in [0.2, 0.25) is 0 Å². The Kier molecular flexibility index (Phi) is 7.40. The van der Waals surface area contributed by atoms with Crippen LogP contribution in [0.25, 0.3) is 0 Å². The second-order valence-corrected chi connectivity index (χ2v) is 6.68. The highest BCUT2D eigenvalue weighted by molar-refractivity contribution is 5.91. The molecule has 1 fully saturated rings. The molecule has 0 bridgehead atoms. The highest BCUT2D eigenvalue weighted by atomic mass is 19.4. The van der Waals surface area contributed by atoms with Crippen molar-refractivity contribution in [2.45, 2.75) is 51.2 Å². The quantitative estimate of drug-likeness (QED) is 0.674. The fourth-order valence-corrected chi connectivity index (χ4v) is 3.26. The van der Waals surface area contributed by atoms with Crippen molar-refractivity contribution < 1.29 is 32.3 Å². The molecule has 1 heterocycles. The van der Waals surface area contributed by atoms with E-state index in [-0.39, 0.29) is 18.7 Å². The summed E-state index contributed by atoms with van der Waals surface area (Å²) in [6.45, 7) is 3.98. The van der Waals surface area contributed by atoms with Crippen molar-refractivity contribution in [3.63, 3.8) is 0 Å². The molecule has 1 saturated carbocycles. The number of hydrogen-bond acceptors (Lipinski definition) is 5. The third kappa shape index (κ3) is 5.57. The summed E-state index contributed by atoms with van der Waals surface area (Å²) in [7, 11) is 0. The lowest BCUT2D eigenvalue weighted by Gasteiger charge is -2.31. The molecule has 1 aromatic rings. The highest BCUT2D eigenvalue weighted by Crippen LogP contribution is 2.41. The zero-order valence-electron chi connectivity index (χ0n) is 16.2. The van der Waals surface area contributed by atoms with E-state index in [2.05, 4.69) is 0 Å². The van der Waals surface area contributed by atoms with E-state index in [0.717, 1.165) is 30.5 Å². The molecule has 1 aliphatic carbocycles. The number of alkyl halides is 3. The van der Waals surface area contributed by atoms with Crippen LogP contribution in [0.15, 0.2) is 47.8 Å². The number of halogens is 3. The van der Waals surface area contributed by atoms with E-state index in [1.807, 2.05) is 18.0 Å². The molecule has 1 atom stereocenters. The van der Waals surface area contributed by atoms with Gasteiger partial charge in [-0.05, 0) is 49.5 Å². The average molecular weight is 409 g/mol. The minimum atomic E-state index is -4.38. The molecular weight excluding hydrogens is 387 g/mol. The third-order valence-corrected chi connectivity index (χ3v) is 4.74. The van der Waals surface area contributed by atoms with Crippen LogP contribution < -0.4 is 0 Å². The lowest BCUT2D eigenvalue weighted by Crippen LogP contribution is -2.26. The molecular formula is C21H22F3NO4. The summed E-state index contributed by atoms with van der Waals surface area (Å²) in [6.07, 6.45) is 2.55. The molecule has 2 aliphatic rings. The molecule has 29 heavy (non-hydrogen) atoms. The summed E-state index contributed by atoms with van der Waals surface area (Å²) in [6, 6.07) is 5.44. The van der Waals surface area contributed by atoms with Gasteiger partial charge in [0.1, 0.15) is 0 Å². The molecule has 156 valence electrons. The first-order valence-corrected chi connectivity index (χ1v) is 9.30. The number of rotatable bonds is 5. The lowest BCUT2D eigenvalue weighted by molar-refractivity contribution is -0.191. The molecule has 1 aliphatic heterocycles. The topological polar surface area (TPSA) is 63.7 Å². The number of allylic oxidation sites excluding steroid dienone is 1. The molecule has 0 spiro atoms. The number of ether oxygens (including phenoxy) is 1. The van der Waals surface area contributed by atoms with Gasteiger partial charge in [0, 0.05) is 24.4 Å². The normalized spacial score (nSPS) is 18.7. The van der Waals surface area contributed by atoms with Crippen LogP contribution in [0.3, 0.4) is 0 Å². The van der Waals surface area contributed by atoms with Crippen LogP contribution in [0.4, 0.5) is 13.2 Å². The van der Waals surface area contributed by atoms with Crippen molar-refractivity contribution >= 4 is 12.1 Å². The van der Waals surface area contributed by atoms with Crippen molar-refractivity contribution in [2.24, 2.45) is 0 Å². The van der Waals surface area contributed by atoms with Crippen LogP contribution in [0.2, 0.25) is 0 Å². The van der Waals surface area contributed by atoms with Crippen molar-refractivity contribution in [2.75, 3.05) is 6.61 Å². The number of carbonyl (C=O) groups excluding carboxylic acids is 3. The summed E-state index contributed by atoms with van der Waals surface area (Å²) < 4.78 is 43.8. The third-order valence-electron chi connectivity index (χ3n) is 4.74. The summed E-state index contributed by atoms with van der Waals surface area (Å²) in [4.78, 5) is 30.8. The largest absolute Gasteiger partial charge is 0.463 e. The summed E-state index contributed by atoms with van der Waals surface area (Å²) in [5, 5.41) is 0. The maximum Gasteiger partial charge on any atom is 0.416 e. The van der Waals surface area contributed by atoms with Gasteiger partial charge in [-0.25, -0.2) is 4.79 Å². The van der Waals surface area contributed by atoms with E-state index in [1.165, 1.54) is 12.1 Å². The molecule has 5 nitrogen and oxygen atoms in total. The number of esters is 1. The van der Waals surface area contributed by atoms with E-state index < -0.39 is 17.7 Å². The van der Waals surface area contributed by atoms with Gasteiger partial charge in [0.05, 0.1) is 17.7 Å². The lowest BCUT2D eigenvalue weighted by atomic mass is 9.82. The fraction of sp³-hybridized carbons (Fsp3) is 0.429. The van der Waals surface area contributed by atoms with E-state index >= 15 is 0 Å². The van der Waals surface area contributed by atoms with Crippen LogP contribution in [0.5, 0.6) is 0 Å². The zero-order chi connectivity index (χ0) is 21.6. The Hall–Kier alpha value is -2.86. The van der Waals surface area contributed by atoms with Crippen LogP contribution >= 0.6 is 0 Å². The van der Waals surface area contributed by atoms with Gasteiger partial charge >= 0.3 is 18.3 Å². The average Bonchev–Trinajstić information content (AvgIpc) is 3.52. The first-order chi connectivity index (χ1) is 13.8. The Morgan fingerprint density at radius 3 is 2.17 bits per heavy atom. The number of hydrogen-bond donors (Lipinski definition) is 0. The summed E-state index contributed by atoms with van der Waals surface area (Å²) in [5.41, 5.74) is 1.46. The van der Waals surface area contributed by atoms with Crippen molar-refractivity contribution in [1.29, 1.82) is 0 Å². The molecule has 0 N–H and O–H groups in total.